The van der Waals surface area contributed by atoms with E-state index in [1.807, 2.05) is 35.8 Å². The molecule has 8 heteroatoms. The zero-order valence-corrected chi connectivity index (χ0v) is 18.8. The second kappa shape index (κ2) is 9.04. The summed E-state index contributed by atoms with van der Waals surface area (Å²) in [6.07, 6.45) is 3.77. The van der Waals surface area contributed by atoms with Gasteiger partial charge in [0.25, 0.3) is 0 Å². The number of aromatic nitrogens is 3. The Morgan fingerprint density at radius 3 is 2.83 bits per heavy atom. The van der Waals surface area contributed by atoms with Crippen molar-refractivity contribution in [2.24, 2.45) is 0 Å². The van der Waals surface area contributed by atoms with Crippen molar-refractivity contribution in [1.82, 2.24) is 14.5 Å². The Kier molecular flexibility index (Phi) is 6.22. The molecule has 5 nitrogen and oxygen atoms in total. The summed E-state index contributed by atoms with van der Waals surface area (Å²) >= 11 is 9.15. The molecule has 0 radical (unpaired) electrons. The number of imidazole rings is 1. The molecule has 0 aliphatic heterocycles. The van der Waals surface area contributed by atoms with Crippen LogP contribution in [-0.2, 0) is 10.5 Å². The Balaban J connectivity index is 1.53. The molecule has 0 fully saturated rings. The lowest BCUT2D eigenvalue weighted by Crippen LogP contribution is -2.22. The molecule has 0 spiro atoms. The van der Waals surface area contributed by atoms with Gasteiger partial charge in [-0.15, -0.1) is 11.3 Å². The number of anilines is 2. The van der Waals surface area contributed by atoms with Gasteiger partial charge in [-0.05, 0) is 36.8 Å². The lowest BCUT2D eigenvalue weighted by Gasteiger charge is -2.18. The molecule has 0 atom stereocenters. The van der Waals surface area contributed by atoms with Crippen molar-refractivity contribution in [2.45, 2.75) is 24.8 Å². The number of carbonyl (C=O) groups is 1. The first-order valence-corrected chi connectivity index (χ1v) is 11.5. The Hall–Kier alpha value is -2.61. The van der Waals surface area contributed by atoms with Gasteiger partial charge in [0.1, 0.15) is 0 Å². The highest BCUT2D eigenvalue weighted by Gasteiger charge is 2.18. The predicted octanol–water partition coefficient (Wildman–Crippen LogP) is 6.27. The molecule has 0 saturated heterocycles. The van der Waals surface area contributed by atoms with Gasteiger partial charge < -0.3 is 0 Å². The molecule has 0 N–H and O–H groups in total. The summed E-state index contributed by atoms with van der Waals surface area (Å²) in [5.74, 6) is 0.543. The van der Waals surface area contributed by atoms with E-state index in [-0.39, 0.29) is 5.91 Å². The number of halogens is 1. The maximum absolute atomic E-state index is 12.3. The van der Waals surface area contributed by atoms with Crippen LogP contribution in [0.25, 0.3) is 5.69 Å². The Labute approximate surface area is 188 Å². The average Bonchev–Trinajstić information content (AvgIpc) is 3.36. The van der Waals surface area contributed by atoms with Crippen LogP contribution in [0.4, 0.5) is 10.8 Å². The molecule has 2 aromatic carbocycles. The number of thioether (sulfide) groups is 1. The molecular formula is C22H19ClN4OS2. The topological polar surface area (TPSA) is 51.0 Å². The van der Waals surface area contributed by atoms with E-state index in [1.165, 1.54) is 23.8 Å². The van der Waals surface area contributed by atoms with Crippen molar-refractivity contribution in [1.29, 1.82) is 0 Å². The predicted molar refractivity (Wildman–Crippen MR) is 124 cm³/mol. The molecule has 1 amide bonds. The van der Waals surface area contributed by atoms with Crippen LogP contribution in [0.15, 0.2) is 71.5 Å². The minimum Gasteiger partial charge on any atom is -0.295 e. The third kappa shape index (κ3) is 4.43. The maximum Gasteiger partial charge on any atom is 0.230 e. The van der Waals surface area contributed by atoms with E-state index in [1.54, 1.807) is 35.0 Å². The minimum absolute atomic E-state index is 0.110. The number of amides is 1. The summed E-state index contributed by atoms with van der Waals surface area (Å²) < 4.78 is 2.08. The summed E-state index contributed by atoms with van der Waals surface area (Å²) in [6.45, 7) is 3.61. The molecule has 152 valence electrons. The fraction of sp³-hybridized carbons (Fsp3) is 0.136. The number of benzene rings is 2. The van der Waals surface area contributed by atoms with E-state index in [0.29, 0.717) is 21.6 Å². The quantitative estimate of drug-likeness (QED) is 0.322. The second-order valence-corrected chi connectivity index (χ2v) is 8.83. The molecule has 0 unspecified atom stereocenters. The monoisotopic (exact) mass is 454 g/mol. The van der Waals surface area contributed by atoms with E-state index >= 15 is 0 Å². The molecule has 0 bridgehead atoms. The third-order valence-electron chi connectivity index (χ3n) is 4.44. The van der Waals surface area contributed by atoms with Crippen LogP contribution in [0.2, 0.25) is 5.02 Å². The van der Waals surface area contributed by atoms with Gasteiger partial charge in [-0.1, -0.05) is 47.6 Å². The Morgan fingerprint density at radius 2 is 2.07 bits per heavy atom. The number of rotatable bonds is 6. The number of aryl methyl sites for hydroxylation is 1. The fourth-order valence-electron chi connectivity index (χ4n) is 3.06. The number of thiazole rings is 1. The van der Waals surface area contributed by atoms with Crippen molar-refractivity contribution in [3.63, 3.8) is 0 Å². The smallest absolute Gasteiger partial charge is 0.230 e. The van der Waals surface area contributed by atoms with Gasteiger partial charge in [0.2, 0.25) is 5.91 Å². The lowest BCUT2D eigenvalue weighted by atomic mass is 10.2. The van der Waals surface area contributed by atoms with Gasteiger partial charge in [-0.2, -0.15) is 0 Å². The normalized spacial score (nSPS) is 10.9. The highest BCUT2D eigenvalue weighted by molar-refractivity contribution is 7.98. The molecule has 0 saturated carbocycles. The Morgan fingerprint density at radius 1 is 1.23 bits per heavy atom. The molecule has 2 aromatic heterocycles. The maximum atomic E-state index is 12.3. The number of para-hydroxylation sites is 1. The third-order valence-corrected chi connectivity index (χ3v) is 6.55. The van der Waals surface area contributed by atoms with Crippen LogP contribution in [-0.4, -0.2) is 20.4 Å². The fourth-order valence-corrected chi connectivity index (χ4v) is 5.09. The summed E-state index contributed by atoms with van der Waals surface area (Å²) in [7, 11) is 0. The van der Waals surface area contributed by atoms with Crippen LogP contribution in [0.3, 0.4) is 0 Å². The van der Waals surface area contributed by atoms with Gasteiger partial charge in [-0.25, -0.2) is 9.97 Å². The van der Waals surface area contributed by atoms with Gasteiger partial charge in [-0.3, -0.25) is 14.3 Å². The highest BCUT2D eigenvalue weighted by Crippen LogP contribution is 2.32. The van der Waals surface area contributed by atoms with Crippen LogP contribution in [0, 0.1) is 6.92 Å². The average molecular weight is 455 g/mol. The van der Waals surface area contributed by atoms with E-state index in [9.17, 15) is 4.79 Å². The largest absolute Gasteiger partial charge is 0.295 e. The summed E-state index contributed by atoms with van der Waals surface area (Å²) in [4.78, 5) is 23.0. The first kappa shape index (κ1) is 20.7. The van der Waals surface area contributed by atoms with Crippen molar-refractivity contribution in [2.75, 3.05) is 4.90 Å². The summed E-state index contributed by atoms with van der Waals surface area (Å²) in [5, 5.41) is 4.08. The lowest BCUT2D eigenvalue weighted by molar-refractivity contribution is -0.115. The molecular weight excluding hydrogens is 436 g/mol. The van der Waals surface area contributed by atoms with E-state index < -0.39 is 0 Å². The second-order valence-electron chi connectivity index (χ2n) is 6.61. The van der Waals surface area contributed by atoms with Crippen LogP contribution < -0.4 is 4.90 Å². The minimum atomic E-state index is -0.110. The van der Waals surface area contributed by atoms with Gasteiger partial charge in [0.15, 0.2) is 10.3 Å². The molecule has 2 heterocycles. The SMILES string of the molecule is CC(=O)N(c1cccc(Cl)c1)c1nc(CSc2nccn2-c2ccccc2C)cs1. The van der Waals surface area contributed by atoms with Gasteiger partial charge >= 0.3 is 0 Å². The van der Waals surface area contributed by atoms with Crippen LogP contribution in [0.5, 0.6) is 0 Å². The van der Waals surface area contributed by atoms with Crippen LogP contribution in [0.1, 0.15) is 18.2 Å². The molecule has 4 rings (SSSR count). The summed E-state index contributed by atoms with van der Waals surface area (Å²) in [6, 6.07) is 15.4. The van der Waals surface area contributed by atoms with E-state index in [2.05, 4.69) is 33.6 Å². The van der Waals surface area contributed by atoms with Gasteiger partial charge in [0.05, 0.1) is 17.1 Å². The van der Waals surface area contributed by atoms with Crippen molar-refractivity contribution < 1.29 is 4.79 Å². The van der Waals surface area contributed by atoms with Crippen molar-refractivity contribution >= 4 is 51.4 Å². The van der Waals surface area contributed by atoms with E-state index in [0.717, 1.165) is 16.5 Å². The molecule has 30 heavy (non-hydrogen) atoms. The zero-order chi connectivity index (χ0) is 21.1. The zero-order valence-electron chi connectivity index (χ0n) is 16.4. The van der Waals surface area contributed by atoms with Crippen molar-refractivity contribution in [3.05, 3.63) is 82.6 Å². The summed E-state index contributed by atoms with van der Waals surface area (Å²) in [5.41, 5.74) is 3.90. The number of hydrogen-bond acceptors (Lipinski definition) is 5. The number of carbonyl (C=O) groups excluding carboxylic acids is 1. The van der Waals surface area contributed by atoms with Crippen LogP contribution >= 0.6 is 34.7 Å². The molecule has 0 aliphatic carbocycles. The van der Waals surface area contributed by atoms with E-state index in [4.69, 9.17) is 11.6 Å². The molecule has 0 aliphatic rings. The van der Waals surface area contributed by atoms with Crippen molar-refractivity contribution in [3.8, 4) is 5.69 Å². The highest BCUT2D eigenvalue weighted by atomic mass is 35.5. The first-order chi connectivity index (χ1) is 14.5. The van der Waals surface area contributed by atoms with Gasteiger partial charge in [0, 0.05) is 35.5 Å². The first-order valence-electron chi connectivity index (χ1n) is 9.26. The molecule has 4 aromatic rings. The number of hydrogen-bond donors (Lipinski definition) is 0. The Bertz CT molecular complexity index is 1190. The standard InChI is InChI=1S/C22H19ClN4OS2/c1-15-6-3-4-9-20(15)26-11-10-24-21(26)29-13-18-14-30-22(25-18)27(16(2)28)19-8-5-7-17(23)12-19/h3-12,14H,13H2,1-2H3. The number of nitrogens with zero attached hydrogens (tertiary/aromatic N) is 4.